The van der Waals surface area contributed by atoms with Gasteiger partial charge in [0.1, 0.15) is 12.4 Å². The molecule has 1 rings (SSSR count). The van der Waals surface area contributed by atoms with Crippen LogP contribution in [0.25, 0.3) is 0 Å². The molecule has 0 bridgehead atoms. The van der Waals surface area contributed by atoms with Gasteiger partial charge in [-0.25, -0.2) is 4.39 Å². The van der Waals surface area contributed by atoms with Crippen molar-refractivity contribution in [2.24, 2.45) is 0 Å². The SMILES string of the molecule is COc1ccc(C#N)cc1CF. The van der Waals surface area contributed by atoms with Crippen molar-refractivity contribution >= 4 is 0 Å². The monoisotopic (exact) mass is 165 g/mol. The van der Waals surface area contributed by atoms with Gasteiger partial charge in [0.05, 0.1) is 18.7 Å². The molecule has 0 N–H and O–H groups in total. The van der Waals surface area contributed by atoms with Crippen molar-refractivity contribution in [2.75, 3.05) is 7.11 Å². The average molecular weight is 165 g/mol. The Morgan fingerprint density at radius 2 is 2.33 bits per heavy atom. The number of rotatable bonds is 2. The van der Waals surface area contributed by atoms with E-state index in [1.807, 2.05) is 6.07 Å². The summed E-state index contributed by atoms with van der Waals surface area (Å²) in [4.78, 5) is 0. The zero-order valence-corrected chi connectivity index (χ0v) is 6.67. The third-order valence-electron chi connectivity index (χ3n) is 1.55. The molecule has 0 atom stereocenters. The smallest absolute Gasteiger partial charge is 0.124 e. The molecular weight excluding hydrogens is 157 g/mol. The van der Waals surface area contributed by atoms with Crippen LogP contribution in [0.4, 0.5) is 4.39 Å². The molecule has 1 aromatic rings. The maximum atomic E-state index is 12.3. The summed E-state index contributed by atoms with van der Waals surface area (Å²) >= 11 is 0. The Balaban J connectivity index is 3.13. The number of ether oxygens (including phenoxy) is 1. The molecule has 3 heteroatoms. The minimum Gasteiger partial charge on any atom is -0.496 e. The standard InChI is InChI=1S/C9H8FNO/c1-12-9-3-2-7(6-11)4-8(9)5-10/h2-4H,5H2,1H3. The van der Waals surface area contributed by atoms with Crippen molar-refractivity contribution in [3.8, 4) is 11.8 Å². The maximum Gasteiger partial charge on any atom is 0.124 e. The Hall–Kier alpha value is -1.56. The van der Waals surface area contributed by atoms with Gasteiger partial charge in [-0.05, 0) is 18.2 Å². The van der Waals surface area contributed by atoms with Crippen molar-refractivity contribution in [3.05, 3.63) is 29.3 Å². The highest BCUT2D eigenvalue weighted by Crippen LogP contribution is 2.20. The summed E-state index contributed by atoms with van der Waals surface area (Å²) in [7, 11) is 1.47. The lowest BCUT2D eigenvalue weighted by Crippen LogP contribution is -1.90. The van der Waals surface area contributed by atoms with Crippen LogP contribution in [0, 0.1) is 11.3 Å². The lowest BCUT2D eigenvalue weighted by atomic mass is 10.1. The van der Waals surface area contributed by atoms with Crippen molar-refractivity contribution in [1.82, 2.24) is 0 Å². The van der Waals surface area contributed by atoms with Crippen LogP contribution in [0.3, 0.4) is 0 Å². The Morgan fingerprint density at radius 3 is 2.83 bits per heavy atom. The molecule has 0 aromatic heterocycles. The predicted octanol–water partition coefficient (Wildman–Crippen LogP) is 2.04. The maximum absolute atomic E-state index is 12.3. The van der Waals surface area contributed by atoms with Crippen LogP contribution in [0.1, 0.15) is 11.1 Å². The minimum absolute atomic E-state index is 0.413. The molecule has 0 saturated heterocycles. The van der Waals surface area contributed by atoms with Crippen LogP contribution < -0.4 is 4.74 Å². The van der Waals surface area contributed by atoms with Crippen LogP contribution in [-0.4, -0.2) is 7.11 Å². The van der Waals surface area contributed by atoms with E-state index in [0.29, 0.717) is 16.9 Å². The molecule has 0 saturated carbocycles. The molecule has 0 heterocycles. The summed E-state index contributed by atoms with van der Waals surface area (Å²) in [6, 6.07) is 6.60. The summed E-state index contributed by atoms with van der Waals surface area (Å²) in [5.41, 5.74) is 0.861. The van der Waals surface area contributed by atoms with Crippen LogP contribution in [0.15, 0.2) is 18.2 Å². The predicted molar refractivity (Wildman–Crippen MR) is 42.5 cm³/mol. The first-order valence-electron chi connectivity index (χ1n) is 3.44. The molecule has 62 valence electrons. The summed E-state index contributed by atoms with van der Waals surface area (Å²) in [6.45, 7) is -0.612. The molecule has 0 aliphatic heterocycles. The fourth-order valence-electron chi connectivity index (χ4n) is 0.953. The van der Waals surface area contributed by atoms with Crippen LogP contribution in [0.2, 0.25) is 0 Å². The number of methoxy groups -OCH3 is 1. The number of nitriles is 1. The molecule has 0 fully saturated rings. The molecule has 12 heavy (non-hydrogen) atoms. The molecule has 1 aromatic carbocycles. The quantitative estimate of drug-likeness (QED) is 0.671. The van der Waals surface area contributed by atoms with Crippen LogP contribution >= 0.6 is 0 Å². The number of benzene rings is 1. The van der Waals surface area contributed by atoms with Gasteiger partial charge < -0.3 is 4.74 Å². The molecule has 0 aliphatic carbocycles. The molecular formula is C9H8FNO. The van der Waals surface area contributed by atoms with E-state index in [-0.39, 0.29) is 0 Å². The Labute approximate surface area is 70.2 Å². The van der Waals surface area contributed by atoms with Gasteiger partial charge in [-0.2, -0.15) is 5.26 Å². The highest BCUT2D eigenvalue weighted by molar-refractivity contribution is 5.41. The average Bonchev–Trinajstić information content (AvgIpc) is 2.16. The van der Waals surface area contributed by atoms with E-state index in [4.69, 9.17) is 10.00 Å². The lowest BCUT2D eigenvalue weighted by molar-refractivity contribution is 0.394. The number of halogens is 1. The number of hydrogen-bond acceptors (Lipinski definition) is 2. The van der Waals surface area contributed by atoms with Gasteiger partial charge in [0, 0.05) is 5.56 Å². The number of alkyl halides is 1. The van der Waals surface area contributed by atoms with E-state index in [2.05, 4.69) is 0 Å². The van der Waals surface area contributed by atoms with Gasteiger partial charge in [0.2, 0.25) is 0 Å². The van der Waals surface area contributed by atoms with E-state index >= 15 is 0 Å². The largest absolute Gasteiger partial charge is 0.496 e. The zero-order chi connectivity index (χ0) is 8.97. The van der Waals surface area contributed by atoms with E-state index in [1.165, 1.54) is 13.2 Å². The molecule has 2 nitrogen and oxygen atoms in total. The van der Waals surface area contributed by atoms with Crippen molar-refractivity contribution in [3.63, 3.8) is 0 Å². The Bertz CT molecular complexity index is 317. The van der Waals surface area contributed by atoms with Gasteiger partial charge in [0.25, 0.3) is 0 Å². The van der Waals surface area contributed by atoms with E-state index < -0.39 is 6.67 Å². The summed E-state index contributed by atoms with van der Waals surface area (Å²) in [5, 5.41) is 8.51. The molecule has 0 radical (unpaired) electrons. The second kappa shape index (κ2) is 3.72. The number of hydrogen-bond donors (Lipinski definition) is 0. The Morgan fingerprint density at radius 1 is 1.58 bits per heavy atom. The van der Waals surface area contributed by atoms with E-state index in [9.17, 15) is 4.39 Å². The van der Waals surface area contributed by atoms with Gasteiger partial charge in [-0.3, -0.25) is 0 Å². The van der Waals surface area contributed by atoms with Crippen molar-refractivity contribution in [1.29, 1.82) is 5.26 Å². The van der Waals surface area contributed by atoms with Crippen molar-refractivity contribution in [2.45, 2.75) is 6.67 Å². The van der Waals surface area contributed by atoms with Gasteiger partial charge in [0.15, 0.2) is 0 Å². The van der Waals surface area contributed by atoms with Crippen molar-refractivity contribution < 1.29 is 9.13 Å². The first kappa shape index (κ1) is 8.54. The van der Waals surface area contributed by atoms with Crippen LogP contribution in [-0.2, 0) is 6.67 Å². The minimum atomic E-state index is -0.612. The van der Waals surface area contributed by atoms with Gasteiger partial charge in [-0.1, -0.05) is 0 Å². The third-order valence-corrected chi connectivity index (χ3v) is 1.55. The Kier molecular flexibility index (Phi) is 2.65. The number of nitrogens with zero attached hydrogens (tertiary/aromatic N) is 1. The van der Waals surface area contributed by atoms with E-state index in [0.717, 1.165) is 0 Å². The summed E-state index contributed by atoms with van der Waals surface area (Å²) < 4.78 is 17.2. The molecule has 0 aliphatic rings. The zero-order valence-electron chi connectivity index (χ0n) is 6.67. The highest BCUT2D eigenvalue weighted by Gasteiger charge is 2.02. The second-order valence-electron chi connectivity index (χ2n) is 2.27. The summed E-state index contributed by atoms with van der Waals surface area (Å²) in [6.07, 6.45) is 0. The summed E-state index contributed by atoms with van der Waals surface area (Å²) in [5.74, 6) is 0.483. The normalized spacial score (nSPS) is 9.08. The third kappa shape index (κ3) is 1.54. The topological polar surface area (TPSA) is 33.0 Å². The first-order chi connectivity index (χ1) is 5.81. The fourth-order valence-corrected chi connectivity index (χ4v) is 0.953. The molecule has 0 unspecified atom stereocenters. The van der Waals surface area contributed by atoms with Crippen LogP contribution in [0.5, 0.6) is 5.75 Å². The second-order valence-corrected chi connectivity index (χ2v) is 2.27. The van der Waals surface area contributed by atoms with E-state index in [1.54, 1.807) is 12.1 Å². The molecule has 0 spiro atoms. The lowest BCUT2D eigenvalue weighted by Gasteiger charge is -2.04. The fraction of sp³-hybridized carbons (Fsp3) is 0.222. The molecule has 0 amide bonds. The highest BCUT2D eigenvalue weighted by atomic mass is 19.1. The first-order valence-corrected chi connectivity index (χ1v) is 3.44. The van der Waals surface area contributed by atoms with Gasteiger partial charge in [-0.15, -0.1) is 0 Å². The van der Waals surface area contributed by atoms with Gasteiger partial charge >= 0.3 is 0 Å².